The number of halogens is 1. The highest BCUT2D eigenvalue weighted by molar-refractivity contribution is 6.33. The molecule has 0 radical (unpaired) electrons. The number of nitrogens with zero attached hydrogens (tertiary/aromatic N) is 2. The lowest BCUT2D eigenvalue weighted by atomic mass is 10.2. The van der Waals surface area contributed by atoms with Crippen LogP contribution in [0.25, 0.3) is 0 Å². The first-order valence-electron chi connectivity index (χ1n) is 7.79. The molecule has 2 rings (SSSR count). The number of esters is 1. The summed E-state index contributed by atoms with van der Waals surface area (Å²) in [4.78, 5) is 35.8. The molecule has 1 amide bonds. The summed E-state index contributed by atoms with van der Waals surface area (Å²) in [7, 11) is 3.11. The number of methoxy groups -OCH3 is 1. The van der Waals surface area contributed by atoms with Gasteiger partial charge in [0.25, 0.3) is 11.6 Å². The number of carbonyl (C=O) groups excluding carboxylic acids is 2. The van der Waals surface area contributed by atoms with Crippen molar-refractivity contribution in [1.29, 1.82) is 0 Å². The van der Waals surface area contributed by atoms with Crippen molar-refractivity contribution in [3.63, 3.8) is 0 Å². The Balaban J connectivity index is 1.97. The molecule has 0 saturated heterocycles. The lowest BCUT2D eigenvalue weighted by Gasteiger charge is -2.17. The second kappa shape index (κ2) is 9.00. The molecule has 27 heavy (non-hydrogen) atoms. The quantitative estimate of drug-likeness (QED) is 0.408. The van der Waals surface area contributed by atoms with E-state index >= 15 is 0 Å². The van der Waals surface area contributed by atoms with Crippen molar-refractivity contribution in [1.82, 2.24) is 4.90 Å². The van der Waals surface area contributed by atoms with Crippen molar-refractivity contribution in [3.8, 4) is 5.75 Å². The number of likely N-dealkylation sites (N-methyl/N-ethyl adjacent to an activating group) is 1. The molecule has 142 valence electrons. The van der Waals surface area contributed by atoms with E-state index in [-0.39, 0.29) is 16.3 Å². The van der Waals surface area contributed by atoms with Gasteiger partial charge in [-0.05, 0) is 23.8 Å². The molecule has 0 bridgehead atoms. The second-order valence-electron chi connectivity index (χ2n) is 5.60. The van der Waals surface area contributed by atoms with Crippen LogP contribution in [0.1, 0.15) is 15.9 Å². The van der Waals surface area contributed by atoms with Gasteiger partial charge < -0.3 is 14.4 Å². The minimum absolute atomic E-state index is 0.00258. The highest BCUT2D eigenvalue weighted by Crippen LogP contribution is 2.22. The van der Waals surface area contributed by atoms with E-state index < -0.39 is 23.4 Å². The summed E-state index contributed by atoms with van der Waals surface area (Å²) < 4.78 is 10.1. The first-order chi connectivity index (χ1) is 12.8. The topological polar surface area (TPSA) is 99.0 Å². The molecule has 0 aliphatic carbocycles. The van der Waals surface area contributed by atoms with Crippen LogP contribution in [0.2, 0.25) is 5.02 Å². The van der Waals surface area contributed by atoms with Gasteiger partial charge in [0.1, 0.15) is 5.75 Å². The Kier molecular flexibility index (Phi) is 6.73. The van der Waals surface area contributed by atoms with Crippen LogP contribution < -0.4 is 4.74 Å². The molecule has 0 aromatic heterocycles. The number of nitro benzene ring substituents is 1. The third kappa shape index (κ3) is 5.42. The molecule has 8 nitrogen and oxygen atoms in total. The summed E-state index contributed by atoms with van der Waals surface area (Å²) in [6.45, 7) is -0.219. The van der Waals surface area contributed by atoms with Crippen LogP contribution in [0.15, 0.2) is 42.5 Å². The molecule has 2 aromatic carbocycles. The van der Waals surface area contributed by atoms with Gasteiger partial charge >= 0.3 is 5.97 Å². The molecule has 2 aromatic rings. The smallest absolute Gasteiger partial charge is 0.340 e. The van der Waals surface area contributed by atoms with Crippen LogP contribution >= 0.6 is 11.6 Å². The summed E-state index contributed by atoms with van der Waals surface area (Å²) >= 11 is 5.88. The molecule has 9 heteroatoms. The lowest BCUT2D eigenvalue weighted by molar-refractivity contribution is -0.384. The standard InChI is InChI=1S/C18H17ClN2O6/c1-20(10-12-4-3-5-14(8-12)26-2)17(22)11-27-18(23)15-9-13(21(24)25)6-7-16(15)19/h3-9H,10-11H2,1-2H3. The molecule has 0 N–H and O–H groups in total. The predicted molar refractivity (Wildman–Crippen MR) is 97.9 cm³/mol. The number of ether oxygens (including phenoxy) is 2. The predicted octanol–water partition coefficient (Wildman–Crippen LogP) is 3.07. The van der Waals surface area contributed by atoms with Crippen LogP contribution in [-0.4, -0.2) is 42.5 Å². The van der Waals surface area contributed by atoms with Gasteiger partial charge in [-0.15, -0.1) is 0 Å². The van der Waals surface area contributed by atoms with Gasteiger partial charge in [-0.3, -0.25) is 14.9 Å². The van der Waals surface area contributed by atoms with Crippen molar-refractivity contribution in [3.05, 3.63) is 68.7 Å². The van der Waals surface area contributed by atoms with E-state index in [0.29, 0.717) is 12.3 Å². The van der Waals surface area contributed by atoms with Crippen LogP contribution in [0, 0.1) is 10.1 Å². The average molecular weight is 393 g/mol. The average Bonchev–Trinajstić information content (AvgIpc) is 2.66. The number of hydrogen-bond acceptors (Lipinski definition) is 6. The van der Waals surface area contributed by atoms with E-state index in [2.05, 4.69) is 0 Å². The Morgan fingerprint density at radius 1 is 1.22 bits per heavy atom. The van der Waals surface area contributed by atoms with Gasteiger partial charge in [0.2, 0.25) is 0 Å². The van der Waals surface area contributed by atoms with Crippen molar-refractivity contribution in [2.24, 2.45) is 0 Å². The number of carbonyl (C=O) groups is 2. The fourth-order valence-corrected chi connectivity index (χ4v) is 2.43. The summed E-state index contributed by atoms with van der Waals surface area (Å²) in [6, 6.07) is 10.6. The molecule has 0 aliphatic heterocycles. The molecule has 0 spiro atoms. The lowest BCUT2D eigenvalue weighted by Crippen LogP contribution is -2.30. The minimum Gasteiger partial charge on any atom is -0.497 e. The number of non-ortho nitro benzene ring substituents is 1. The number of nitro groups is 1. The van der Waals surface area contributed by atoms with E-state index in [1.165, 1.54) is 17.0 Å². The molecular weight excluding hydrogens is 376 g/mol. The van der Waals surface area contributed by atoms with Crippen LogP contribution in [-0.2, 0) is 16.1 Å². The van der Waals surface area contributed by atoms with Gasteiger partial charge in [0, 0.05) is 25.7 Å². The van der Waals surface area contributed by atoms with Crippen LogP contribution in [0.4, 0.5) is 5.69 Å². The Labute approximate surface area is 160 Å². The molecular formula is C18H17ClN2O6. The Hall–Kier alpha value is -3.13. The maximum atomic E-state index is 12.2. The van der Waals surface area contributed by atoms with Crippen LogP contribution in [0.5, 0.6) is 5.75 Å². The van der Waals surface area contributed by atoms with Crippen molar-refractivity contribution < 1.29 is 24.0 Å². The van der Waals surface area contributed by atoms with Gasteiger partial charge in [0.05, 0.1) is 22.6 Å². The van der Waals surface area contributed by atoms with Gasteiger partial charge in [-0.2, -0.15) is 0 Å². The SMILES string of the molecule is COc1cccc(CN(C)C(=O)COC(=O)c2cc([N+](=O)[O-])ccc2Cl)c1. The van der Waals surface area contributed by atoms with Crippen molar-refractivity contribution >= 4 is 29.2 Å². The fourth-order valence-electron chi connectivity index (χ4n) is 2.23. The zero-order chi connectivity index (χ0) is 20.0. The Morgan fingerprint density at radius 3 is 2.63 bits per heavy atom. The number of benzene rings is 2. The molecule has 0 fully saturated rings. The van der Waals surface area contributed by atoms with Gasteiger partial charge in [0.15, 0.2) is 6.61 Å². The molecule has 0 heterocycles. The highest BCUT2D eigenvalue weighted by Gasteiger charge is 2.19. The number of rotatable bonds is 7. The van der Waals surface area contributed by atoms with Crippen molar-refractivity contribution in [2.45, 2.75) is 6.54 Å². The summed E-state index contributed by atoms with van der Waals surface area (Å²) in [6.07, 6.45) is 0. The molecule has 0 aliphatic rings. The summed E-state index contributed by atoms with van der Waals surface area (Å²) in [5.74, 6) is -0.681. The Bertz CT molecular complexity index is 871. The molecule has 0 unspecified atom stereocenters. The summed E-state index contributed by atoms with van der Waals surface area (Å²) in [5, 5.41) is 10.8. The Morgan fingerprint density at radius 2 is 1.96 bits per heavy atom. The normalized spacial score (nSPS) is 10.2. The summed E-state index contributed by atoms with van der Waals surface area (Å²) in [5.41, 5.74) is 0.375. The third-order valence-corrected chi connectivity index (χ3v) is 4.02. The maximum absolute atomic E-state index is 12.2. The monoisotopic (exact) mass is 392 g/mol. The van der Waals surface area contributed by atoms with E-state index in [4.69, 9.17) is 21.1 Å². The highest BCUT2D eigenvalue weighted by atomic mass is 35.5. The van der Waals surface area contributed by atoms with E-state index in [0.717, 1.165) is 11.6 Å². The third-order valence-electron chi connectivity index (χ3n) is 3.69. The number of hydrogen-bond donors (Lipinski definition) is 0. The molecule has 0 saturated carbocycles. The van der Waals surface area contributed by atoms with E-state index in [1.54, 1.807) is 32.4 Å². The first-order valence-corrected chi connectivity index (χ1v) is 8.17. The molecule has 0 atom stereocenters. The van der Waals surface area contributed by atoms with Gasteiger partial charge in [-0.25, -0.2) is 4.79 Å². The first kappa shape index (κ1) is 20.2. The zero-order valence-corrected chi connectivity index (χ0v) is 15.4. The minimum atomic E-state index is -0.910. The van der Waals surface area contributed by atoms with E-state index in [1.807, 2.05) is 6.07 Å². The van der Waals surface area contributed by atoms with Crippen LogP contribution in [0.3, 0.4) is 0 Å². The zero-order valence-electron chi connectivity index (χ0n) is 14.7. The van der Waals surface area contributed by atoms with Gasteiger partial charge in [-0.1, -0.05) is 23.7 Å². The maximum Gasteiger partial charge on any atom is 0.340 e. The second-order valence-corrected chi connectivity index (χ2v) is 6.01. The van der Waals surface area contributed by atoms with Crippen molar-refractivity contribution in [2.75, 3.05) is 20.8 Å². The van der Waals surface area contributed by atoms with E-state index in [9.17, 15) is 19.7 Å². The largest absolute Gasteiger partial charge is 0.497 e. The fraction of sp³-hybridized carbons (Fsp3) is 0.222. The number of amides is 1.